The topological polar surface area (TPSA) is 20.3 Å². The van der Waals surface area contributed by atoms with E-state index >= 15 is 0 Å². The molecule has 0 bridgehead atoms. The monoisotopic (exact) mass is 357 g/mol. The quantitative estimate of drug-likeness (QED) is 0.808. The summed E-state index contributed by atoms with van der Waals surface area (Å²) in [5, 5.41) is 0. The lowest BCUT2D eigenvalue weighted by atomic mass is 10.1. The number of rotatable bonds is 3. The summed E-state index contributed by atoms with van der Waals surface area (Å²) in [7, 11) is 1.50. The van der Waals surface area contributed by atoms with Crippen molar-refractivity contribution < 1.29 is 18.0 Å². The van der Waals surface area contributed by atoms with Crippen LogP contribution in [0.4, 0.5) is 13.2 Å². The van der Waals surface area contributed by atoms with Gasteiger partial charge in [0.15, 0.2) is 11.6 Å². The second-order valence-electron chi connectivity index (χ2n) is 4.57. The van der Waals surface area contributed by atoms with E-state index in [1.54, 1.807) is 0 Å². The van der Waals surface area contributed by atoms with E-state index in [9.17, 15) is 18.0 Å². The van der Waals surface area contributed by atoms with Gasteiger partial charge in [-0.2, -0.15) is 0 Å². The number of amides is 1. The molecule has 1 amide bonds. The van der Waals surface area contributed by atoms with Gasteiger partial charge >= 0.3 is 0 Å². The van der Waals surface area contributed by atoms with E-state index in [2.05, 4.69) is 15.9 Å². The molecule has 0 aliphatic heterocycles. The van der Waals surface area contributed by atoms with Gasteiger partial charge in [0.05, 0.1) is 0 Å². The Balaban J connectivity index is 2.17. The van der Waals surface area contributed by atoms with Gasteiger partial charge in [-0.1, -0.05) is 22.0 Å². The van der Waals surface area contributed by atoms with Gasteiger partial charge in [-0.25, -0.2) is 13.2 Å². The highest BCUT2D eigenvalue weighted by atomic mass is 79.9. The molecule has 21 heavy (non-hydrogen) atoms. The average molecular weight is 358 g/mol. The zero-order valence-corrected chi connectivity index (χ0v) is 12.6. The van der Waals surface area contributed by atoms with Crippen molar-refractivity contribution in [3.63, 3.8) is 0 Å². The van der Waals surface area contributed by atoms with Crippen molar-refractivity contribution in [2.75, 3.05) is 7.05 Å². The highest BCUT2D eigenvalue weighted by Crippen LogP contribution is 2.17. The minimum absolute atomic E-state index is 0.0875. The fraction of sp³-hybridized carbons (Fsp3) is 0.133. The third-order valence-electron chi connectivity index (χ3n) is 2.86. The van der Waals surface area contributed by atoms with Crippen LogP contribution in [0.1, 0.15) is 15.9 Å². The third kappa shape index (κ3) is 3.85. The van der Waals surface area contributed by atoms with E-state index in [1.165, 1.54) is 30.1 Å². The molecule has 0 aliphatic rings. The Hall–Kier alpha value is -1.82. The van der Waals surface area contributed by atoms with Crippen LogP contribution in [0.5, 0.6) is 0 Å². The van der Waals surface area contributed by atoms with Crippen molar-refractivity contribution >= 4 is 21.8 Å². The van der Waals surface area contributed by atoms with Crippen LogP contribution in [0.25, 0.3) is 0 Å². The molecule has 0 radical (unpaired) electrons. The zero-order chi connectivity index (χ0) is 15.6. The Morgan fingerprint density at radius 2 is 1.81 bits per heavy atom. The molecule has 0 aliphatic carbocycles. The van der Waals surface area contributed by atoms with Gasteiger partial charge in [0.25, 0.3) is 5.91 Å². The number of nitrogens with zero attached hydrogens (tertiary/aromatic N) is 1. The van der Waals surface area contributed by atoms with Crippen LogP contribution in [-0.4, -0.2) is 17.9 Å². The Morgan fingerprint density at radius 1 is 1.10 bits per heavy atom. The van der Waals surface area contributed by atoms with Gasteiger partial charge in [-0.15, -0.1) is 0 Å². The average Bonchev–Trinajstić information content (AvgIpc) is 2.41. The lowest BCUT2D eigenvalue weighted by Gasteiger charge is -2.17. The molecule has 2 rings (SSSR count). The number of hydrogen-bond acceptors (Lipinski definition) is 1. The van der Waals surface area contributed by atoms with Gasteiger partial charge in [-0.3, -0.25) is 4.79 Å². The summed E-state index contributed by atoms with van der Waals surface area (Å²) in [5.41, 5.74) is 0.618. The molecule has 0 atom stereocenters. The first kappa shape index (κ1) is 15.6. The Bertz CT molecular complexity index is 670. The largest absolute Gasteiger partial charge is 0.337 e. The van der Waals surface area contributed by atoms with Gasteiger partial charge in [0.2, 0.25) is 0 Å². The summed E-state index contributed by atoms with van der Waals surface area (Å²) in [6, 6.07) is 7.28. The fourth-order valence-corrected chi connectivity index (χ4v) is 2.35. The second-order valence-corrected chi connectivity index (χ2v) is 5.48. The van der Waals surface area contributed by atoms with Crippen LogP contribution >= 0.6 is 15.9 Å². The molecule has 6 heteroatoms. The van der Waals surface area contributed by atoms with Crippen LogP contribution in [0.3, 0.4) is 0 Å². The van der Waals surface area contributed by atoms with Crippen LogP contribution < -0.4 is 0 Å². The van der Waals surface area contributed by atoms with Crippen molar-refractivity contribution in [2.45, 2.75) is 6.54 Å². The molecule has 0 heterocycles. The molecular formula is C15H11BrF3NO. The van der Waals surface area contributed by atoms with Crippen LogP contribution in [0.2, 0.25) is 0 Å². The van der Waals surface area contributed by atoms with E-state index in [1.807, 2.05) is 0 Å². The Morgan fingerprint density at radius 3 is 2.43 bits per heavy atom. The van der Waals surface area contributed by atoms with Crippen molar-refractivity contribution in [1.29, 1.82) is 0 Å². The summed E-state index contributed by atoms with van der Waals surface area (Å²) in [4.78, 5) is 13.5. The van der Waals surface area contributed by atoms with Gasteiger partial charge < -0.3 is 4.90 Å². The summed E-state index contributed by atoms with van der Waals surface area (Å²) in [6.07, 6.45) is 0. The molecule has 0 unspecified atom stereocenters. The highest BCUT2D eigenvalue weighted by molar-refractivity contribution is 9.10. The van der Waals surface area contributed by atoms with Crippen LogP contribution in [-0.2, 0) is 6.54 Å². The summed E-state index contributed by atoms with van der Waals surface area (Å²) in [6.45, 7) is 0.0875. The number of carbonyl (C=O) groups excluding carboxylic acids is 1. The third-order valence-corrected chi connectivity index (χ3v) is 3.32. The second kappa shape index (κ2) is 6.30. The Kier molecular flexibility index (Phi) is 4.67. The van der Waals surface area contributed by atoms with Gasteiger partial charge in [-0.05, 0) is 35.9 Å². The lowest BCUT2D eigenvalue weighted by Crippen LogP contribution is -2.26. The molecule has 0 N–H and O–H groups in total. The molecule has 2 aromatic carbocycles. The molecule has 2 aromatic rings. The highest BCUT2D eigenvalue weighted by Gasteiger charge is 2.14. The number of hydrogen-bond donors (Lipinski definition) is 0. The van der Waals surface area contributed by atoms with E-state index < -0.39 is 23.4 Å². The molecule has 110 valence electrons. The maximum Gasteiger partial charge on any atom is 0.254 e. The predicted octanol–water partition coefficient (Wildman–Crippen LogP) is 4.14. The fourth-order valence-electron chi connectivity index (χ4n) is 1.88. The minimum Gasteiger partial charge on any atom is -0.337 e. The number of carbonyl (C=O) groups is 1. The molecule has 0 aromatic heterocycles. The van der Waals surface area contributed by atoms with Crippen LogP contribution in [0.15, 0.2) is 40.9 Å². The van der Waals surface area contributed by atoms with E-state index in [0.717, 1.165) is 18.2 Å². The maximum atomic E-state index is 13.3. The zero-order valence-electron chi connectivity index (χ0n) is 11.0. The molecular weight excluding hydrogens is 347 g/mol. The van der Waals surface area contributed by atoms with Gasteiger partial charge in [0.1, 0.15) is 5.82 Å². The van der Waals surface area contributed by atoms with Crippen molar-refractivity contribution in [1.82, 2.24) is 4.90 Å². The predicted molar refractivity (Wildman–Crippen MR) is 76.3 cm³/mol. The first-order chi connectivity index (χ1) is 9.86. The smallest absolute Gasteiger partial charge is 0.254 e. The van der Waals surface area contributed by atoms with E-state index in [0.29, 0.717) is 10.0 Å². The molecule has 0 saturated heterocycles. The molecule has 0 spiro atoms. The van der Waals surface area contributed by atoms with E-state index in [-0.39, 0.29) is 12.1 Å². The van der Waals surface area contributed by atoms with Crippen molar-refractivity contribution in [2.24, 2.45) is 0 Å². The van der Waals surface area contributed by atoms with Crippen LogP contribution in [0, 0.1) is 17.5 Å². The number of halogens is 4. The Labute approximate surface area is 128 Å². The van der Waals surface area contributed by atoms with E-state index in [4.69, 9.17) is 0 Å². The summed E-state index contributed by atoms with van der Waals surface area (Å²) < 4.78 is 39.7. The minimum atomic E-state index is -0.971. The first-order valence-corrected chi connectivity index (χ1v) is 6.81. The molecule has 0 saturated carbocycles. The van der Waals surface area contributed by atoms with Crippen molar-refractivity contribution in [3.05, 3.63) is 69.4 Å². The summed E-state index contributed by atoms with van der Waals surface area (Å²) >= 11 is 3.11. The summed E-state index contributed by atoms with van der Waals surface area (Å²) in [5.74, 6) is -2.86. The maximum absolute atomic E-state index is 13.3. The SMILES string of the molecule is CN(Cc1ccc(F)c(F)c1)C(=O)c1cc(F)cc(Br)c1. The lowest BCUT2D eigenvalue weighted by molar-refractivity contribution is 0.0784. The first-order valence-electron chi connectivity index (χ1n) is 6.02. The van der Waals surface area contributed by atoms with Crippen molar-refractivity contribution in [3.8, 4) is 0 Å². The number of benzene rings is 2. The molecule has 2 nitrogen and oxygen atoms in total. The van der Waals surface area contributed by atoms with Gasteiger partial charge in [0, 0.05) is 23.6 Å². The normalized spacial score (nSPS) is 10.5. The standard InChI is InChI=1S/C15H11BrF3NO/c1-20(8-9-2-3-13(18)14(19)4-9)15(21)10-5-11(16)7-12(17)6-10/h2-7H,8H2,1H3. The molecule has 0 fully saturated rings.